The first-order valence-electron chi connectivity index (χ1n) is 4.85. The second kappa shape index (κ2) is 3.79. The van der Waals surface area contributed by atoms with Crippen molar-refractivity contribution in [2.45, 2.75) is 20.0 Å². The van der Waals surface area contributed by atoms with Gasteiger partial charge in [-0.25, -0.2) is 9.50 Å². The normalized spacial score (nSPS) is 10.6. The number of rotatable bonds is 2. The van der Waals surface area contributed by atoms with Crippen LogP contribution in [0.15, 0.2) is 11.0 Å². The van der Waals surface area contributed by atoms with Gasteiger partial charge in [0.05, 0.1) is 12.3 Å². The van der Waals surface area contributed by atoms with E-state index < -0.39 is 0 Å². The zero-order chi connectivity index (χ0) is 11.7. The van der Waals surface area contributed by atoms with Crippen LogP contribution in [0.3, 0.4) is 0 Å². The predicted molar refractivity (Wildman–Crippen MR) is 55.8 cm³/mol. The maximum absolute atomic E-state index is 11.9. The maximum Gasteiger partial charge on any atom is 0.276 e. The second-order valence-corrected chi connectivity index (χ2v) is 3.31. The number of aliphatic hydroxyl groups is 1. The maximum atomic E-state index is 11.9. The Morgan fingerprint density at radius 3 is 3.00 bits per heavy atom. The van der Waals surface area contributed by atoms with Gasteiger partial charge in [0.25, 0.3) is 5.56 Å². The van der Waals surface area contributed by atoms with Crippen LogP contribution in [0, 0.1) is 11.3 Å². The lowest BCUT2D eigenvalue weighted by Gasteiger charge is -2.03. The number of aromatic nitrogens is 3. The molecule has 2 rings (SSSR count). The van der Waals surface area contributed by atoms with Crippen molar-refractivity contribution < 1.29 is 5.11 Å². The van der Waals surface area contributed by atoms with Gasteiger partial charge in [0.2, 0.25) is 0 Å². The van der Waals surface area contributed by atoms with Gasteiger partial charge in [-0.2, -0.15) is 5.26 Å². The summed E-state index contributed by atoms with van der Waals surface area (Å²) in [5.74, 6) is 0. The molecule has 0 fully saturated rings. The molecule has 0 bridgehead atoms. The summed E-state index contributed by atoms with van der Waals surface area (Å²) in [4.78, 5) is 16.1. The van der Waals surface area contributed by atoms with E-state index in [1.165, 1.54) is 10.7 Å². The summed E-state index contributed by atoms with van der Waals surface area (Å²) < 4.78 is 1.22. The minimum atomic E-state index is -0.301. The van der Waals surface area contributed by atoms with Gasteiger partial charge in [-0.3, -0.25) is 9.89 Å². The Hall–Kier alpha value is -2.13. The van der Waals surface area contributed by atoms with Crippen LogP contribution in [-0.2, 0) is 13.0 Å². The van der Waals surface area contributed by atoms with E-state index in [0.717, 1.165) is 0 Å². The largest absolute Gasteiger partial charge is 0.390 e. The third-order valence-electron chi connectivity index (χ3n) is 2.46. The molecule has 0 saturated carbocycles. The Labute approximate surface area is 90.8 Å². The van der Waals surface area contributed by atoms with Crippen molar-refractivity contribution in [1.82, 2.24) is 14.6 Å². The zero-order valence-corrected chi connectivity index (χ0v) is 8.69. The Bertz CT molecular complexity index is 633. The van der Waals surface area contributed by atoms with Crippen molar-refractivity contribution >= 4 is 5.65 Å². The first-order valence-corrected chi connectivity index (χ1v) is 4.85. The smallest absolute Gasteiger partial charge is 0.276 e. The van der Waals surface area contributed by atoms with Crippen LogP contribution < -0.4 is 5.56 Å². The predicted octanol–water partition coefficient (Wildman–Crippen LogP) is -0.0510. The Morgan fingerprint density at radius 1 is 1.69 bits per heavy atom. The quantitative estimate of drug-likeness (QED) is 0.738. The lowest BCUT2D eigenvalue weighted by Crippen LogP contribution is -2.22. The van der Waals surface area contributed by atoms with Crippen molar-refractivity contribution in [2.24, 2.45) is 0 Å². The van der Waals surface area contributed by atoms with E-state index in [9.17, 15) is 4.79 Å². The molecule has 0 aliphatic rings. The van der Waals surface area contributed by atoms with E-state index in [4.69, 9.17) is 10.4 Å². The Balaban J connectivity index is 2.91. The summed E-state index contributed by atoms with van der Waals surface area (Å²) in [5.41, 5.74) is 1.08. The van der Waals surface area contributed by atoms with Gasteiger partial charge < -0.3 is 5.11 Å². The van der Waals surface area contributed by atoms with E-state index >= 15 is 0 Å². The fourth-order valence-corrected chi connectivity index (χ4v) is 1.66. The SMILES string of the molecule is CCc1c(CO)nc2c(C#N)c[nH]n2c1=O. The Morgan fingerprint density at radius 2 is 2.44 bits per heavy atom. The number of fused-ring (bicyclic) bond motifs is 1. The fourth-order valence-electron chi connectivity index (χ4n) is 1.66. The first kappa shape index (κ1) is 10.4. The first-order chi connectivity index (χ1) is 7.72. The molecule has 0 radical (unpaired) electrons. The molecule has 82 valence electrons. The fraction of sp³-hybridized carbons (Fsp3) is 0.300. The lowest BCUT2D eigenvalue weighted by molar-refractivity contribution is 0.275. The highest BCUT2D eigenvalue weighted by Gasteiger charge is 2.13. The van der Waals surface area contributed by atoms with Gasteiger partial charge in [-0.05, 0) is 6.42 Å². The molecule has 0 aliphatic carbocycles. The van der Waals surface area contributed by atoms with Gasteiger partial charge >= 0.3 is 0 Å². The molecule has 6 nitrogen and oxygen atoms in total. The summed E-state index contributed by atoms with van der Waals surface area (Å²) in [7, 11) is 0. The van der Waals surface area contributed by atoms with Gasteiger partial charge in [0, 0.05) is 11.8 Å². The molecule has 0 atom stereocenters. The summed E-state index contributed by atoms with van der Waals surface area (Å²) >= 11 is 0. The minimum Gasteiger partial charge on any atom is -0.390 e. The summed E-state index contributed by atoms with van der Waals surface area (Å²) in [6.07, 6.45) is 1.91. The average molecular weight is 218 g/mol. The number of hydrogen-bond acceptors (Lipinski definition) is 4. The molecule has 0 amide bonds. The Kier molecular flexibility index (Phi) is 2.46. The molecule has 2 N–H and O–H groups in total. The van der Waals surface area contributed by atoms with Crippen LogP contribution in [0.1, 0.15) is 23.7 Å². The van der Waals surface area contributed by atoms with Crippen molar-refractivity contribution in [3.63, 3.8) is 0 Å². The third kappa shape index (κ3) is 1.30. The van der Waals surface area contributed by atoms with E-state index in [0.29, 0.717) is 17.7 Å². The number of aromatic amines is 1. The molecule has 6 heteroatoms. The number of aliphatic hydroxyl groups excluding tert-OH is 1. The lowest BCUT2D eigenvalue weighted by atomic mass is 10.2. The van der Waals surface area contributed by atoms with E-state index in [1.54, 1.807) is 0 Å². The molecule has 0 spiro atoms. The van der Waals surface area contributed by atoms with Crippen LogP contribution in [0.4, 0.5) is 0 Å². The van der Waals surface area contributed by atoms with Gasteiger partial charge in [0.15, 0.2) is 5.65 Å². The molecule has 2 heterocycles. The minimum absolute atomic E-state index is 0.258. The highest BCUT2D eigenvalue weighted by atomic mass is 16.3. The van der Waals surface area contributed by atoms with Crippen molar-refractivity contribution in [2.75, 3.05) is 0 Å². The number of H-pyrrole nitrogens is 1. The van der Waals surface area contributed by atoms with Crippen LogP contribution >= 0.6 is 0 Å². The molecule has 0 unspecified atom stereocenters. The molecule has 16 heavy (non-hydrogen) atoms. The standard InChI is InChI=1S/C10H10N4O2/c1-2-7-8(5-15)13-9-6(3-11)4-12-14(9)10(7)16/h4,12,15H,2,5H2,1H3. The third-order valence-corrected chi connectivity index (χ3v) is 2.46. The number of nitrogens with one attached hydrogen (secondary N) is 1. The van der Waals surface area contributed by atoms with Crippen molar-refractivity contribution in [1.29, 1.82) is 5.26 Å². The van der Waals surface area contributed by atoms with E-state index in [-0.39, 0.29) is 23.4 Å². The van der Waals surface area contributed by atoms with Gasteiger partial charge in [-0.15, -0.1) is 0 Å². The molecule has 0 saturated heterocycles. The van der Waals surface area contributed by atoms with Crippen LogP contribution in [0.25, 0.3) is 5.65 Å². The van der Waals surface area contributed by atoms with Crippen molar-refractivity contribution in [3.05, 3.63) is 33.4 Å². The van der Waals surface area contributed by atoms with E-state index in [1.807, 2.05) is 13.0 Å². The monoisotopic (exact) mass is 218 g/mol. The van der Waals surface area contributed by atoms with Crippen LogP contribution in [-0.4, -0.2) is 19.7 Å². The summed E-state index contributed by atoms with van der Waals surface area (Å²) in [6.45, 7) is 1.52. The molecule has 2 aromatic rings. The second-order valence-electron chi connectivity index (χ2n) is 3.31. The number of hydrogen-bond donors (Lipinski definition) is 2. The highest BCUT2D eigenvalue weighted by Crippen LogP contribution is 2.08. The topological polar surface area (TPSA) is 94.2 Å². The molecule has 2 aromatic heterocycles. The summed E-state index contributed by atoms with van der Waals surface area (Å²) in [6, 6.07) is 1.93. The molecular formula is C10H10N4O2. The number of nitrogens with zero attached hydrogens (tertiary/aromatic N) is 3. The molecular weight excluding hydrogens is 208 g/mol. The zero-order valence-electron chi connectivity index (χ0n) is 8.69. The highest BCUT2D eigenvalue weighted by molar-refractivity contribution is 5.54. The van der Waals surface area contributed by atoms with Gasteiger partial charge in [-0.1, -0.05) is 6.92 Å². The van der Waals surface area contributed by atoms with Gasteiger partial charge in [0.1, 0.15) is 11.6 Å². The molecule has 0 aromatic carbocycles. The summed E-state index contributed by atoms with van der Waals surface area (Å²) in [5, 5.41) is 20.6. The average Bonchev–Trinajstić information content (AvgIpc) is 2.71. The van der Waals surface area contributed by atoms with Crippen molar-refractivity contribution in [3.8, 4) is 6.07 Å². The van der Waals surface area contributed by atoms with E-state index in [2.05, 4.69) is 10.1 Å². The van der Waals surface area contributed by atoms with Crippen LogP contribution in [0.5, 0.6) is 0 Å². The molecule has 0 aliphatic heterocycles. The van der Waals surface area contributed by atoms with Crippen LogP contribution in [0.2, 0.25) is 0 Å². The number of nitriles is 1.